The standard InChI is InChI=1S/C21H25N5O2/c1-14-9-16(25-20-22-8-5-15(2)24-20)11-17(10-14)26-12-19(23-13-26)21(28)6-3-18(27)4-7-21/h5,8-13,18,27-28H,3-4,6-7H2,1-2H3,(H,22,24,25)/t18-,21+. The lowest BCUT2D eigenvalue weighted by molar-refractivity contribution is -0.0389. The van der Waals surface area contributed by atoms with E-state index in [1.165, 1.54) is 0 Å². The minimum atomic E-state index is -0.967. The number of nitrogens with zero attached hydrogens (tertiary/aromatic N) is 4. The summed E-state index contributed by atoms with van der Waals surface area (Å²) in [6.07, 6.45) is 7.24. The van der Waals surface area contributed by atoms with Crippen LogP contribution in [0.3, 0.4) is 0 Å². The van der Waals surface area contributed by atoms with E-state index in [0.717, 1.165) is 22.6 Å². The van der Waals surface area contributed by atoms with Gasteiger partial charge in [0.2, 0.25) is 5.95 Å². The van der Waals surface area contributed by atoms with E-state index in [-0.39, 0.29) is 6.10 Å². The van der Waals surface area contributed by atoms with Gasteiger partial charge in [-0.1, -0.05) is 0 Å². The summed E-state index contributed by atoms with van der Waals surface area (Å²) in [6.45, 7) is 3.95. The van der Waals surface area contributed by atoms with Gasteiger partial charge in [0.05, 0.1) is 18.1 Å². The molecule has 1 aliphatic rings. The molecule has 146 valence electrons. The highest BCUT2D eigenvalue weighted by Crippen LogP contribution is 2.36. The normalized spacial score (nSPS) is 22.2. The molecule has 0 spiro atoms. The molecule has 1 aromatic carbocycles. The summed E-state index contributed by atoms with van der Waals surface area (Å²) in [4.78, 5) is 13.1. The van der Waals surface area contributed by atoms with Crippen LogP contribution >= 0.6 is 0 Å². The molecule has 3 N–H and O–H groups in total. The van der Waals surface area contributed by atoms with Gasteiger partial charge in [0.15, 0.2) is 0 Å². The van der Waals surface area contributed by atoms with Crippen molar-refractivity contribution >= 4 is 11.6 Å². The lowest BCUT2D eigenvalue weighted by atomic mass is 9.81. The zero-order chi connectivity index (χ0) is 19.7. The molecule has 28 heavy (non-hydrogen) atoms. The van der Waals surface area contributed by atoms with Gasteiger partial charge >= 0.3 is 0 Å². The fraction of sp³-hybridized carbons (Fsp3) is 0.381. The van der Waals surface area contributed by atoms with Crippen LogP contribution in [0.1, 0.15) is 42.6 Å². The number of hydrogen-bond donors (Lipinski definition) is 3. The van der Waals surface area contributed by atoms with Crippen molar-refractivity contribution in [3.05, 3.63) is 59.9 Å². The van der Waals surface area contributed by atoms with Crippen molar-refractivity contribution < 1.29 is 10.2 Å². The van der Waals surface area contributed by atoms with Crippen LogP contribution in [0, 0.1) is 13.8 Å². The van der Waals surface area contributed by atoms with E-state index < -0.39 is 5.60 Å². The van der Waals surface area contributed by atoms with Gasteiger partial charge in [-0.05, 0) is 69.4 Å². The van der Waals surface area contributed by atoms with E-state index in [4.69, 9.17) is 0 Å². The first-order valence-electron chi connectivity index (χ1n) is 9.55. The Balaban J connectivity index is 1.60. The fourth-order valence-electron chi connectivity index (χ4n) is 3.66. The average molecular weight is 379 g/mol. The van der Waals surface area contributed by atoms with E-state index >= 15 is 0 Å². The SMILES string of the molecule is Cc1cc(Nc2nccc(C)n2)cc(-n2cnc([C@]3(O)CC[C@@H](O)CC3)c2)c1. The van der Waals surface area contributed by atoms with E-state index in [2.05, 4.69) is 26.3 Å². The van der Waals surface area contributed by atoms with Gasteiger partial charge in [0, 0.05) is 29.5 Å². The predicted molar refractivity (Wildman–Crippen MR) is 107 cm³/mol. The molecule has 2 heterocycles. The summed E-state index contributed by atoms with van der Waals surface area (Å²) in [5.74, 6) is 0.554. The topological polar surface area (TPSA) is 96.1 Å². The number of anilines is 2. The minimum Gasteiger partial charge on any atom is -0.393 e. The lowest BCUT2D eigenvalue weighted by Gasteiger charge is -2.32. The summed E-state index contributed by atoms with van der Waals surface area (Å²) in [5.41, 5.74) is 3.49. The van der Waals surface area contributed by atoms with Gasteiger partial charge < -0.3 is 20.1 Å². The second-order valence-corrected chi connectivity index (χ2v) is 7.63. The predicted octanol–water partition coefficient (Wildman–Crippen LogP) is 3.15. The number of aliphatic hydroxyl groups excluding tert-OH is 1. The van der Waals surface area contributed by atoms with Gasteiger partial charge in [-0.2, -0.15) is 0 Å². The number of rotatable bonds is 4. The van der Waals surface area contributed by atoms with Crippen molar-refractivity contribution in [2.24, 2.45) is 0 Å². The van der Waals surface area contributed by atoms with Crippen LogP contribution in [0.15, 0.2) is 43.0 Å². The molecule has 1 saturated carbocycles. The largest absolute Gasteiger partial charge is 0.393 e. The quantitative estimate of drug-likeness (QED) is 0.644. The Morgan fingerprint density at radius 1 is 1.14 bits per heavy atom. The number of nitrogens with one attached hydrogen (secondary N) is 1. The van der Waals surface area contributed by atoms with Crippen molar-refractivity contribution in [3.8, 4) is 5.69 Å². The number of aryl methyl sites for hydroxylation is 2. The van der Waals surface area contributed by atoms with Crippen molar-refractivity contribution in [1.29, 1.82) is 0 Å². The number of benzene rings is 1. The smallest absolute Gasteiger partial charge is 0.227 e. The first-order chi connectivity index (χ1) is 13.4. The highest BCUT2D eigenvalue weighted by molar-refractivity contribution is 5.59. The number of imidazole rings is 1. The second-order valence-electron chi connectivity index (χ2n) is 7.63. The van der Waals surface area contributed by atoms with E-state index in [9.17, 15) is 10.2 Å². The van der Waals surface area contributed by atoms with Crippen LogP contribution in [-0.4, -0.2) is 35.8 Å². The zero-order valence-corrected chi connectivity index (χ0v) is 16.1. The first kappa shape index (κ1) is 18.6. The van der Waals surface area contributed by atoms with Crippen molar-refractivity contribution in [2.45, 2.75) is 51.2 Å². The Kier molecular flexibility index (Phi) is 4.87. The molecule has 0 atom stereocenters. The molecule has 0 unspecified atom stereocenters. The monoisotopic (exact) mass is 379 g/mol. The fourth-order valence-corrected chi connectivity index (χ4v) is 3.66. The minimum absolute atomic E-state index is 0.323. The molecule has 0 saturated heterocycles. The molecule has 4 rings (SSSR count). The molecule has 0 amide bonds. The maximum atomic E-state index is 10.9. The van der Waals surface area contributed by atoms with Crippen molar-refractivity contribution in [1.82, 2.24) is 19.5 Å². The van der Waals surface area contributed by atoms with Crippen LogP contribution in [0.5, 0.6) is 0 Å². The van der Waals surface area contributed by atoms with Gasteiger partial charge in [-0.3, -0.25) is 0 Å². The van der Waals surface area contributed by atoms with E-state index in [1.807, 2.05) is 42.8 Å². The van der Waals surface area contributed by atoms with Gasteiger partial charge in [-0.15, -0.1) is 0 Å². The van der Waals surface area contributed by atoms with Crippen LogP contribution < -0.4 is 5.32 Å². The summed E-state index contributed by atoms with van der Waals surface area (Å²) in [7, 11) is 0. The molecule has 3 aromatic rings. The third-order valence-electron chi connectivity index (χ3n) is 5.25. The first-order valence-corrected chi connectivity index (χ1v) is 9.55. The Labute approximate surface area is 164 Å². The maximum Gasteiger partial charge on any atom is 0.227 e. The Bertz CT molecular complexity index is 976. The Hall–Kier alpha value is -2.77. The van der Waals surface area contributed by atoms with E-state index in [0.29, 0.717) is 37.3 Å². The number of aliphatic hydroxyl groups is 2. The van der Waals surface area contributed by atoms with Crippen LogP contribution in [-0.2, 0) is 5.60 Å². The average Bonchev–Trinajstić information content (AvgIpc) is 3.15. The molecular formula is C21H25N5O2. The van der Waals surface area contributed by atoms with Crippen LogP contribution in [0.2, 0.25) is 0 Å². The molecule has 7 heteroatoms. The molecular weight excluding hydrogens is 354 g/mol. The molecule has 2 aromatic heterocycles. The second kappa shape index (κ2) is 7.33. The van der Waals surface area contributed by atoms with Crippen LogP contribution in [0.4, 0.5) is 11.6 Å². The third-order valence-corrected chi connectivity index (χ3v) is 5.25. The van der Waals surface area contributed by atoms with Gasteiger partial charge in [-0.25, -0.2) is 15.0 Å². The van der Waals surface area contributed by atoms with Crippen molar-refractivity contribution in [3.63, 3.8) is 0 Å². The number of hydrogen-bond acceptors (Lipinski definition) is 6. The van der Waals surface area contributed by atoms with Gasteiger partial charge in [0.25, 0.3) is 0 Å². The highest BCUT2D eigenvalue weighted by atomic mass is 16.3. The molecule has 0 bridgehead atoms. The maximum absolute atomic E-state index is 10.9. The summed E-state index contributed by atoms with van der Waals surface area (Å²) >= 11 is 0. The molecule has 1 aliphatic carbocycles. The lowest BCUT2D eigenvalue weighted by Crippen LogP contribution is -2.33. The van der Waals surface area contributed by atoms with Gasteiger partial charge in [0.1, 0.15) is 5.60 Å². The summed E-state index contributed by atoms with van der Waals surface area (Å²) in [6, 6.07) is 7.94. The molecule has 1 fully saturated rings. The molecule has 7 nitrogen and oxygen atoms in total. The van der Waals surface area contributed by atoms with Crippen molar-refractivity contribution in [2.75, 3.05) is 5.32 Å². The summed E-state index contributed by atoms with van der Waals surface area (Å²) in [5, 5.41) is 23.9. The third kappa shape index (κ3) is 3.90. The Morgan fingerprint density at radius 2 is 1.93 bits per heavy atom. The molecule has 0 radical (unpaired) electrons. The highest BCUT2D eigenvalue weighted by Gasteiger charge is 2.36. The number of aromatic nitrogens is 4. The Morgan fingerprint density at radius 3 is 2.68 bits per heavy atom. The van der Waals surface area contributed by atoms with E-state index in [1.54, 1.807) is 12.5 Å². The summed E-state index contributed by atoms with van der Waals surface area (Å²) < 4.78 is 1.91. The zero-order valence-electron chi connectivity index (χ0n) is 16.1. The molecule has 0 aliphatic heterocycles. The van der Waals surface area contributed by atoms with Crippen LogP contribution in [0.25, 0.3) is 5.69 Å².